The Morgan fingerprint density at radius 2 is 1.77 bits per heavy atom. The van der Waals surface area contributed by atoms with Gasteiger partial charge in [-0.2, -0.15) is 0 Å². The van der Waals surface area contributed by atoms with Crippen LogP contribution in [0.25, 0.3) is 11.1 Å². The Bertz CT molecular complexity index is 1100. The first-order valence-electron chi connectivity index (χ1n) is 10.3. The van der Waals surface area contributed by atoms with Gasteiger partial charge in [0.25, 0.3) is 0 Å². The fourth-order valence-electron chi connectivity index (χ4n) is 3.68. The van der Waals surface area contributed by atoms with Crippen LogP contribution in [0.5, 0.6) is 0 Å². The number of aromatic carboxylic acids is 1. The number of imidazole rings is 1. The molecule has 3 rings (SSSR count). The summed E-state index contributed by atoms with van der Waals surface area (Å²) < 4.78 is 3.45. The van der Waals surface area contributed by atoms with Gasteiger partial charge in [-0.05, 0) is 42.5 Å². The van der Waals surface area contributed by atoms with Crippen molar-refractivity contribution >= 4 is 17.6 Å². The van der Waals surface area contributed by atoms with Gasteiger partial charge in [-0.15, -0.1) is 0 Å². The standard InChI is InChI=1S/C24H27ClN2O3/c1-4-8-21-22(25)27(16(3)5-2)24(30)26(21)15-17-11-13-18(14-12-17)19-9-6-7-10-20(19)23(28)29/h6-7,9-14,16H,4-5,8,15H2,1-3H3,(H,28,29). The van der Waals surface area contributed by atoms with Crippen molar-refractivity contribution < 1.29 is 9.90 Å². The average Bonchev–Trinajstić information content (AvgIpc) is 2.98. The first-order valence-corrected chi connectivity index (χ1v) is 10.7. The molecule has 30 heavy (non-hydrogen) atoms. The molecule has 1 aromatic heterocycles. The Morgan fingerprint density at radius 1 is 1.10 bits per heavy atom. The van der Waals surface area contributed by atoms with E-state index in [1.807, 2.05) is 44.2 Å². The fraction of sp³-hybridized carbons (Fsp3) is 0.333. The summed E-state index contributed by atoms with van der Waals surface area (Å²) in [6.45, 7) is 6.54. The number of carboxylic acid groups (broad SMARTS) is 1. The minimum atomic E-state index is -0.952. The Hall–Kier alpha value is -2.79. The molecule has 2 aromatic carbocycles. The van der Waals surface area contributed by atoms with Crippen LogP contribution in [0.4, 0.5) is 0 Å². The van der Waals surface area contributed by atoms with Gasteiger partial charge in [0.05, 0.1) is 17.8 Å². The molecule has 158 valence electrons. The Morgan fingerprint density at radius 3 is 2.37 bits per heavy atom. The number of hydrogen-bond donors (Lipinski definition) is 1. The van der Waals surface area contributed by atoms with Gasteiger partial charge in [-0.25, -0.2) is 9.59 Å². The lowest BCUT2D eigenvalue weighted by Crippen LogP contribution is -2.27. The minimum Gasteiger partial charge on any atom is -0.478 e. The molecule has 0 amide bonds. The molecule has 0 fully saturated rings. The summed E-state index contributed by atoms with van der Waals surface area (Å²) in [5, 5.41) is 9.96. The van der Waals surface area contributed by atoms with Crippen molar-refractivity contribution in [2.24, 2.45) is 0 Å². The molecule has 5 nitrogen and oxygen atoms in total. The molecule has 1 N–H and O–H groups in total. The summed E-state index contributed by atoms with van der Waals surface area (Å²) in [4.78, 5) is 24.6. The average molecular weight is 427 g/mol. The summed E-state index contributed by atoms with van der Waals surface area (Å²) in [6.07, 6.45) is 2.46. The van der Waals surface area contributed by atoms with Crippen molar-refractivity contribution in [1.82, 2.24) is 9.13 Å². The SMILES string of the molecule is CCCc1c(Cl)n(C(C)CC)c(=O)n1Cc1ccc(-c2ccccc2C(=O)O)cc1. The minimum absolute atomic E-state index is 0.0387. The molecular weight excluding hydrogens is 400 g/mol. The van der Waals surface area contributed by atoms with Crippen molar-refractivity contribution in [3.63, 3.8) is 0 Å². The molecule has 1 atom stereocenters. The lowest BCUT2D eigenvalue weighted by molar-refractivity contribution is 0.0697. The lowest BCUT2D eigenvalue weighted by Gasteiger charge is -2.10. The molecule has 0 saturated heterocycles. The fourth-order valence-corrected chi connectivity index (χ4v) is 4.11. The number of halogens is 1. The molecular formula is C24H27ClN2O3. The highest BCUT2D eigenvalue weighted by Gasteiger charge is 2.21. The van der Waals surface area contributed by atoms with Crippen LogP contribution in [0, 0.1) is 0 Å². The van der Waals surface area contributed by atoms with Crippen molar-refractivity contribution in [2.75, 3.05) is 0 Å². The third-order valence-electron chi connectivity index (χ3n) is 5.49. The van der Waals surface area contributed by atoms with Crippen LogP contribution in [0.2, 0.25) is 5.15 Å². The van der Waals surface area contributed by atoms with Crippen molar-refractivity contribution in [3.8, 4) is 11.1 Å². The molecule has 0 spiro atoms. The Labute approximate surface area is 181 Å². The van der Waals surface area contributed by atoms with Gasteiger partial charge in [0.15, 0.2) is 0 Å². The quantitative estimate of drug-likeness (QED) is 0.506. The smallest absolute Gasteiger partial charge is 0.336 e. The Balaban J connectivity index is 1.97. The second-order valence-electron chi connectivity index (χ2n) is 7.53. The van der Waals surface area contributed by atoms with Crippen LogP contribution in [-0.2, 0) is 13.0 Å². The highest BCUT2D eigenvalue weighted by Crippen LogP contribution is 2.26. The normalized spacial score (nSPS) is 12.1. The lowest BCUT2D eigenvalue weighted by atomic mass is 9.99. The Kier molecular flexibility index (Phi) is 6.83. The molecule has 0 bridgehead atoms. The first-order chi connectivity index (χ1) is 14.4. The summed E-state index contributed by atoms with van der Waals surface area (Å²) in [5.41, 5.74) is 3.51. The molecule has 0 aliphatic carbocycles. The second kappa shape index (κ2) is 9.35. The number of benzene rings is 2. The third kappa shape index (κ3) is 4.21. The van der Waals surface area contributed by atoms with Crippen LogP contribution in [0.3, 0.4) is 0 Å². The largest absolute Gasteiger partial charge is 0.478 e. The molecule has 0 saturated carbocycles. The topological polar surface area (TPSA) is 64.2 Å². The molecule has 1 heterocycles. The van der Waals surface area contributed by atoms with E-state index in [1.165, 1.54) is 0 Å². The van der Waals surface area contributed by atoms with E-state index in [2.05, 4.69) is 6.92 Å². The highest BCUT2D eigenvalue weighted by atomic mass is 35.5. The number of carboxylic acids is 1. The van der Waals surface area contributed by atoms with Crippen molar-refractivity contribution in [2.45, 2.75) is 52.6 Å². The van der Waals surface area contributed by atoms with E-state index >= 15 is 0 Å². The van der Waals surface area contributed by atoms with Crippen molar-refractivity contribution in [1.29, 1.82) is 0 Å². The highest BCUT2D eigenvalue weighted by molar-refractivity contribution is 6.30. The maximum absolute atomic E-state index is 13.1. The molecule has 6 heteroatoms. The summed E-state index contributed by atoms with van der Waals surface area (Å²) in [7, 11) is 0. The maximum Gasteiger partial charge on any atom is 0.336 e. The monoisotopic (exact) mass is 426 g/mol. The number of rotatable bonds is 8. The van der Waals surface area contributed by atoms with Gasteiger partial charge in [0.2, 0.25) is 0 Å². The van der Waals surface area contributed by atoms with E-state index in [4.69, 9.17) is 11.6 Å². The van der Waals surface area contributed by atoms with Gasteiger partial charge >= 0.3 is 11.7 Å². The van der Waals surface area contributed by atoms with E-state index in [9.17, 15) is 14.7 Å². The van der Waals surface area contributed by atoms with Crippen LogP contribution in [0.1, 0.15) is 61.3 Å². The maximum atomic E-state index is 13.1. The molecule has 0 aliphatic rings. The molecule has 3 aromatic rings. The summed E-state index contributed by atoms with van der Waals surface area (Å²) >= 11 is 6.59. The molecule has 1 unspecified atom stereocenters. The van der Waals surface area contributed by atoms with Gasteiger partial charge in [0, 0.05) is 6.04 Å². The predicted molar refractivity (Wildman–Crippen MR) is 121 cm³/mol. The number of aromatic nitrogens is 2. The summed E-state index contributed by atoms with van der Waals surface area (Å²) in [6, 6.07) is 14.6. The van der Waals surface area contributed by atoms with E-state index in [0.29, 0.717) is 17.3 Å². The molecule has 0 radical (unpaired) electrons. The van der Waals surface area contributed by atoms with Crippen LogP contribution < -0.4 is 5.69 Å². The predicted octanol–water partition coefficient (Wildman–Crippen LogP) is 5.64. The summed E-state index contributed by atoms with van der Waals surface area (Å²) in [5.74, 6) is -0.952. The zero-order valence-corrected chi connectivity index (χ0v) is 18.3. The first kappa shape index (κ1) is 21.9. The number of carbonyl (C=O) groups is 1. The van der Waals surface area contributed by atoms with Gasteiger partial charge in [-0.1, -0.05) is 74.3 Å². The zero-order chi connectivity index (χ0) is 21.8. The zero-order valence-electron chi connectivity index (χ0n) is 17.6. The third-order valence-corrected chi connectivity index (χ3v) is 5.89. The van der Waals surface area contributed by atoms with Gasteiger partial charge < -0.3 is 5.11 Å². The van der Waals surface area contributed by atoms with Gasteiger partial charge in [-0.3, -0.25) is 9.13 Å². The van der Waals surface area contributed by atoms with Gasteiger partial charge in [0.1, 0.15) is 5.15 Å². The van der Waals surface area contributed by atoms with Crippen LogP contribution in [0.15, 0.2) is 53.3 Å². The molecule has 0 aliphatic heterocycles. The van der Waals surface area contributed by atoms with Crippen LogP contribution in [-0.4, -0.2) is 20.2 Å². The van der Waals surface area contributed by atoms with Crippen LogP contribution >= 0.6 is 11.6 Å². The second-order valence-corrected chi connectivity index (χ2v) is 7.89. The van der Waals surface area contributed by atoms with E-state index in [1.54, 1.807) is 27.3 Å². The van der Waals surface area contributed by atoms with E-state index < -0.39 is 5.97 Å². The van der Waals surface area contributed by atoms with E-state index in [0.717, 1.165) is 36.1 Å². The van der Waals surface area contributed by atoms with Crippen molar-refractivity contribution in [3.05, 3.63) is 81.0 Å². The number of nitrogens with zero attached hydrogens (tertiary/aromatic N) is 2. The number of hydrogen-bond acceptors (Lipinski definition) is 2. The van der Waals surface area contributed by atoms with E-state index in [-0.39, 0.29) is 17.3 Å².